The minimum absolute atomic E-state index is 0.0528. The molecule has 1 atom stereocenters. The Labute approximate surface area is 167 Å². The average Bonchev–Trinajstić information content (AvgIpc) is 2.68. The van der Waals surface area contributed by atoms with Crippen molar-refractivity contribution >= 4 is 15.8 Å². The van der Waals surface area contributed by atoms with Crippen LogP contribution in [-0.2, 0) is 10.0 Å². The van der Waals surface area contributed by atoms with Gasteiger partial charge in [-0.3, -0.25) is 0 Å². The van der Waals surface area contributed by atoms with Gasteiger partial charge in [-0.2, -0.15) is 4.31 Å². The van der Waals surface area contributed by atoms with Crippen molar-refractivity contribution in [1.82, 2.24) is 9.29 Å². The third-order valence-electron chi connectivity index (χ3n) is 5.39. The van der Waals surface area contributed by atoms with Crippen molar-refractivity contribution in [2.45, 2.75) is 56.1 Å². The van der Waals surface area contributed by atoms with Crippen LogP contribution < -0.4 is 10.1 Å². The lowest BCUT2D eigenvalue weighted by molar-refractivity contribution is 0.0758. The van der Waals surface area contributed by atoms with E-state index in [1.807, 2.05) is 18.2 Å². The molecule has 1 aromatic heterocycles. The van der Waals surface area contributed by atoms with Crippen molar-refractivity contribution < 1.29 is 13.2 Å². The molecule has 28 heavy (non-hydrogen) atoms. The summed E-state index contributed by atoms with van der Waals surface area (Å²) in [5.41, 5.74) is 0.803. The SMILES string of the molecule is CC1(C)CC(Nc2ccc(S(=O)(=O)N3CCCCC3)cn2)c2ccccc2O1. The lowest BCUT2D eigenvalue weighted by atomic mass is 9.90. The topological polar surface area (TPSA) is 71.5 Å². The number of piperidine rings is 1. The summed E-state index contributed by atoms with van der Waals surface area (Å²) >= 11 is 0. The maximum absolute atomic E-state index is 12.8. The highest BCUT2D eigenvalue weighted by atomic mass is 32.2. The van der Waals surface area contributed by atoms with E-state index in [-0.39, 0.29) is 16.5 Å². The van der Waals surface area contributed by atoms with E-state index in [4.69, 9.17) is 4.74 Å². The molecule has 1 N–H and O–H groups in total. The van der Waals surface area contributed by atoms with Crippen LogP contribution in [0.1, 0.15) is 51.1 Å². The predicted molar refractivity (Wildman–Crippen MR) is 109 cm³/mol. The van der Waals surface area contributed by atoms with Gasteiger partial charge < -0.3 is 10.1 Å². The molecule has 7 heteroatoms. The quantitative estimate of drug-likeness (QED) is 0.839. The molecular formula is C21H27N3O3S. The van der Waals surface area contributed by atoms with E-state index in [1.54, 1.807) is 16.4 Å². The molecule has 0 aliphatic carbocycles. The Balaban J connectivity index is 1.54. The maximum Gasteiger partial charge on any atom is 0.244 e. The number of sulfonamides is 1. The first-order chi connectivity index (χ1) is 13.4. The Morgan fingerprint density at radius 1 is 1.11 bits per heavy atom. The highest BCUT2D eigenvalue weighted by Gasteiger charge is 2.34. The normalized spacial score (nSPS) is 22.1. The summed E-state index contributed by atoms with van der Waals surface area (Å²) in [5.74, 6) is 1.54. The Kier molecular flexibility index (Phi) is 5.05. The van der Waals surface area contributed by atoms with Gasteiger partial charge in [0, 0.05) is 31.3 Å². The molecule has 1 unspecified atom stereocenters. The zero-order valence-electron chi connectivity index (χ0n) is 16.4. The minimum Gasteiger partial charge on any atom is -0.487 e. The number of ether oxygens (including phenoxy) is 1. The second-order valence-electron chi connectivity index (χ2n) is 8.14. The fraction of sp³-hybridized carbons (Fsp3) is 0.476. The number of hydrogen-bond donors (Lipinski definition) is 1. The van der Waals surface area contributed by atoms with Crippen LogP contribution in [0, 0.1) is 0 Å². The van der Waals surface area contributed by atoms with E-state index in [9.17, 15) is 8.42 Å². The Morgan fingerprint density at radius 2 is 1.86 bits per heavy atom. The average molecular weight is 402 g/mol. The van der Waals surface area contributed by atoms with Crippen molar-refractivity contribution in [3.8, 4) is 5.75 Å². The van der Waals surface area contributed by atoms with Crippen LogP contribution in [0.25, 0.3) is 0 Å². The molecule has 0 radical (unpaired) electrons. The summed E-state index contributed by atoms with van der Waals surface area (Å²) in [5, 5.41) is 3.45. The van der Waals surface area contributed by atoms with Gasteiger partial charge in [0.15, 0.2) is 0 Å². The van der Waals surface area contributed by atoms with Gasteiger partial charge in [0.25, 0.3) is 0 Å². The number of hydrogen-bond acceptors (Lipinski definition) is 5. The van der Waals surface area contributed by atoms with Crippen LogP contribution in [-0.4, -0.2) is 36.4 Å². The largest absolute Gasteiger partial charge is 0.487 e. The molecule has 3 heterocycles. The third kappa shape index (κ3) is 3.86. The molecule has 0 spiro atoms. The Hall–Kier alpha value is -2.12. The zero-order chi connectivity index (χ0) is 19.8. The summed E-state index contributed by atoms with van der Waals surface area (Å²) in [6, 6.07) is 11.4. The first-order valence-electron chi connectivity index (χ1n) is 9.86. The van der Waals surface area contributed by atoms with Gasteiger partial charge in [-0.1, -0.05) is 24.6 Å². The van der Waals surface area contributed by atoms with E-state index in [0.717, 1.165) is 37.0 Å². The Morgan fingerprint density at radius 3 is 2.57 bits per heavy atom. The second-order valence-corrected chi connectivity index (χ2v) is 10.1. The summed E-state index contributed by atoms with van der Waals surface area (Å²) in [4.78, 5) is 4.65. The summed E-state index contributed by atoms with van der Waals surface area (Å²) in [7, 11) is -3.46. The van der Waals surface area contributed by atoms with Crippen LogP contribution in [0.2, 0.25) is 0 Å². The molecule has 2 aliphatic rings. The molecule has 6 nitrogen and oxygen atoms in total. The highest BCUT2D eigenvalue weighted by molar-refractivity contribution is 7.89. The molecule has 1 saturated heterocycles. The van der Waals surface area contributed by atoms with E-state index in [1.165, 1.54) is 6.20 Å². The molecule has 1 aromatic carbocycles. The maximum atomic E-state index is 12.8. The minimum atomic E-state index is -3.46. The van der Waals surface area contributed by atoms with E-state index in [0.29, 0.717) is 18.9 Å². The fourth-order valence-electron chi connectivity index (χ4n) is 3.98. The van der Waals surface area contributed by atoms with Gasteiger partial charge in [-0.15, -0.1) is 0 Å². The first kappa shape index (κ1) is 19.2. The molecule has 2 aliphatic heterocycles. The number of anilines is 1. The van der Waals surface area contributed by atoms with Crippen molar-refractivity contribution in [2.75, 3.05) is 18.4 Å². The second kappa shape index (κ2) is 7.37. The standard InChI is InChI=1S/C21H27N3O3S/c1-21(2)14-18(17-8-4-5-9-19(17)27-21)23-20-11-10-16(15-22-20)28(25,26)24-12-6-3-7-13-24/h4-5,8-11,15,18H,3,6-7,12-14H2,1-2H3,(H,22,23). The summed E-state index contributed by atoms with van der Waals surface area (Å²) in [6.07, 6.45) is 5.19. The van der Waals surface area contributed by atoms with Crippen LogP contribution in [0.4, 0.5) is 5.82 Å². The first-order valence-corrected chi connectivity index (χ1v) is 11.3. The van der Waals surface area contributed by atoms with Crippen LogP contribution in [0.3, 0.4) is 0 Å². The van der Waals surface area contributed by atoms with Gasteiger partial charge in [0.2, 0.25) is 10.0 Å². The number of nitrogens with zero attached hydrogens (tertiary/aromatic N) is 2. The van der Waals surface area contributed by atoms with Gasteiger partial charge in [-0.05, 0) is 44.9 Å². The summed E-state index contributed by atoms with van der Waals surface area (Å²) < 4.78 is 33.2. The van der Waals surface area contributed by atoms with E-state index >= 15 is 0 Å². The monoisotopic (exact) mass is 401 g/mol. The number of rotatable bonds is 4. The van der Waals surface area contributed by atoms with E-state index < -0.39 is 10.0 Å². The van der Waals surface area contributed by atoms with Crippen LogP contribution in [0.15, 0.2) is 47.5 Å². The number of benzene rings is 1. The number of fused-ring (bicyclic) bond motifs is 1. The third-order valence-corrected chi connectivity index (χ3v) is 7.27. The van der Waals surface area contributed by atoms with Crippen LogP contribution in [0.5, 0.6) is 5.75 Å². The van der Waals surface area contributed by atoms with Gasteiger partial charge >= 0.3 is 0 Å². The van der Waals surface area contributed by atoms with Gasteiger partial charge in [0.1, 0.15) is 22.1 Å². The lowest BCUT2D eigenvalue weighted by Gasteiger charge is -2.38. The number of nitrogens with one attached hydrogen (secondary N) is 1. The fourth-order valence-corrected chi connectivity index (χ4v) is 5.45. The molecule has 150 valence electrons. The molecule has 4 rings (SSSR count). The smallest absolute Gasteiger partial charge is 0.244 e. The van der Waals surface area contributed by atoms with Crippen molar-refractivity contribution in [2.24, 2.45) is 0 Å². The van der Waals surface area contributed by atoms with Crippen molar-refractivity contribution in [3.05, 3.63) is 48.2 Å². The van der Waals surface area contributed by atoms with Crippen LogP contribution >= 0.6 is 0 Å². The van der Waals surface area contributed by atoms with Crippen molar-refractivity contribution in [3.63, 3.8) is 0 Å². The molecule has 0 saturated carbocycles. The van der Waals surface area contributed by atoms with Gasteiger partial charge in [0.05, 0.1) is 6.04 Å². The van der Waals surface area contributed by atoms with Crippen molar-refractivity contribution in [1.29, 1.82) is 0 Å². The summed E-state index contributed by atoms with van der Waals surface area (Å²) in [6.45, 7) is 5.32. The molecule has 0 amide bonds. The molecular weight excluding hydrogens is 374 g/mol. The zero-order valence-corrected chi connectivity index (χ0v) is 17.2. The lowest BCUT2D eigenvalue weighted by Crippen LogP contribution is -2.37. The Bertz CT molecular complexity index is 936. The molecule has 0 bridgehead atoms. The highest BCUT2D eigenvalue weighted by Crippen LogP contribution is 2.40. The predicted octanol–water partition coefficient (Wildman–Crippen LogP) is 3.97. The number of aromatic nitrogens is 1. The number of para-hydroxylation sites is 1. The number of pyridine rings is 1. The van der Waals surface area contributed by atoms with E-state index in [2.05, 4.69) is 30.2 Å². The molecule has 2 aromatic rings. The van der Waals surface area contributed by atoms with Gasteiger partial charge in [-0.25, -0.2) is 13.4 Å². The molecule has 1 fully saturated rings.